The molecule has 6 nitrogen and oxygen atoms in total. The van der Waals surface area contributed by atoms with Gasteiger partial charge in [0.15, 0.2) is 12.4 Å². The summed E-state index contributed by atoms with van der Waals surface area (Å²) in [7, 11) is 1.27. The fourth-order valence-electron chi connectivity index (χ4n) is 1.08. The Hall–Kier alpha value is -2.15. The second-order valence-corrected chi connectivity index (χ2v) is 3.14. The predicted molar refractivity (Wildman–Crippen MR) is 55.2 cm³/mol. The molecule has 0 unspecified atom stereocenters. The molecule has 0 N–H and O–H groups in total. The molecule has 0 aliphatic rings. The standard InChI is InChI=1S/C9H9F3N4O2/c1-17-7-2-6(4-15-16-13)3-14-8(7)18-5-9(10,11)12/h2-3H,4-5H2,1H3. The highest BCUT2D eigenvalue weighted by Gasteiger charge is 2.29. The third-order valence-corrected chi connectivity index (χ3v) is 1.78. The maximum atomic E-state index is 12.0. The van der Waals surface area contributed by atoms with E-state index in [1.54, 1.807) is 0 Å². The number of nitrogens with zero attached hydrogens (tertiary/aromatic N) is 4. The number of halogens is 3. The Balaban J connectivity index is 2.83. The molecule has 0 aliphatic carbocycles. The molecule has 0 fully saturated rings. The summed E-state index contributed by atoms with van der Waals surface area (Å²) < 4.78 is 45.3. The van der Waals surface area contributed by atoms with Crippen LogP contribution in [-0.4, -0.2) is 24.9 Å². The Bertz CT molecular complexity index is 458. The number of hydrogen-bond donors (Lipinski definition) is 0. The first kappa shape index (κ1) is 13.9. The van der Waals surface area contributed by atoms with Gasteiger partial charge in [-0.2, -0.15) is 13.2 Å². The summed E-state index contributed by atoms with van der Waals surface area (Å²) in [4.78, 5) is 6.23. The minimum Gasteiger partial charge on any atom is -0.491 e. The first-order valence-corrected chi connectivity index (χ1v) is 4.69. The Morgan fingerprint density at radius 1 is 1.50 bits per heavy atom. The molecule has 1 rings (SSSR count). The van der Waals surface area contributed by atoms with Crippen molar-refractivity contribution in [2.24, 2.45) is 5.11 Å². The second kappa shape index (κ2) is 5.97. The number of pyridine rings is 1. The van der Waals surface area contributed by atoms with Gasteiger partial charge in [-0.25, -0.2) is 4.98 Å². The van der Waals surface area contributed by atoms with Crippen LogP contribution < -0.4 is 9.47 Å². The summed E-state index contributed by atoms with van der Waals surface area (Å²) in [5.74, 6) is -0.218. The molecule has 0 atom stereocenters. The lowest BCUT2D eigenvalue weighted by atomic mass is 10.3. The number of ether oxygens (including phenoxy) is 2. The third kappa shape index (κ3) is 4.38. The first-order chi connectivity index (χ1) is 8.46. The molecule has 1 aromatic heterocycles. The van der Waals surface area contributed by atoms with Crippen LogP contribution in [0.2, 0.25) is 0 Å². The molecular weight excluding hydrogens is 253 g/mol. The van der Waals surface area contributed by atoms with Gasteiger partial charge < -0.3 is 9.47 Å². The molecule has 0 bridgehead atoms. The Labute approximate surface area is 100.0 Å². The molecule has 98 valence electrons. The monoisotopic (exact) mass is 262 g/mol. The molecule has 0 radical (unpaired) electrons. The van der Waals surface area contributed by atoms with Crippen molar-refractivity contribution in [2.75, 3.05) is 13.7 Å². The zero-order chi connectivity index (χ0) is 13.6. The van der Waals surface area contributed by atoms with Gasteiger partial charge in [0, 0.05) is 11.1 Å². The molecule has 0 spiro atoms. The van der Waals surface area contributed by atoms with Crippen LogP contribution in [0.3, 0.4) is 0 Å². The van der Waals surface area contributed by atoms with E-state index in [1.807, 2.05) is 0 Å². The van der Waals surface area contributed by atoms with E-state index >= 15 is 0 Å². The van der Waals surface area contributed by atoms with Gasteiger partial charge in [0.2, 0.25) is 0 Å². The third-order valence-electron chi connectivity index (χ3n) is 1.78. The van der Waals surface area contributed by atoms with Gasteiger partial charge in [0.25, 0.3) is 5.88 Å². The van der Waals surface area contributed by atoms with Crippen LogP contribution in [0, 0.1) is 0 Å². The molecule has 0 saturated heterocycles. The van der Waals surface area contributed by atoms with E-state index in [9.17, 15) is 13.2 Å². The number of rotatable bonds is 5. The lowest BCUT2D eigenvalue weighted by molar-refractivity contribution is -0.154. The Kier molecular flexibility index (Phi) is 4.61. The highest BCUT2D eigenvalue weighted by molar-refractivity contribution is 5.36. The molecule has 0 aromatic carbocycles. The van der Waals surface area contributed by atoms with E-state index in [2.05, 4.69) is 19.7 Å². The average molecular weight is 262 g/mol. The second-order valence-electron chi connectivity index (χ2n) is 3.14. The Morgan fingerprint density at radius 3 is 2.78 bits per heavy atom. The topological polar surface area (TPSA) is 80.1 Å². The largest absolute Gasteiger partial charge is 0.491 e. The molecule has 0 aliphatic heterocycles. The average Bonchev–Trinajstić information content (AvgIpc) is 2.33. The normalized spacial score (nSPS) is 10.7. The molecule has 0 saturated carbocycles. The van der Waals surface area contributed by atoms with Crippen LogP contribution >= 0.6 is 0 Å². The number of methoxy groups -OCH3 is 1. The van der Waals surface area contributed by atoms with Crippen molar-refractivity contribution in [3.63, 3.8) is 0 Å². The zero-order valence-electron chi connectivity index (χ0n) is 9.31. The summed E-state index contributed by atoms with van der Waals surface area (Å²) >= 11 is 0. The first-order valence-electron chi connectivity index (χ1n) is 4.69. The number of alkyl halides is 3. The van der Waals surface area contributed by atoms with E-state index in [4.69, 9.17) is 10.3 Å². The van der Waals surface area contributed by atoms with E-state index in [0.29, 0.717) is 5.56 Å². The molecule has 0 amide bonds. The smallest absolute Gasteiger partial charge is 0.422 e. The predicted octanol–water partition coefficient (Wildman–Crippen LogP) is 2.84. The van der Waals surface area contributed by atoms with Crippen LogP contribution in [0.5, 0.6) is 11.6 Å². The fourth-order valence-corrected chi connectivity index (χ4v) is 1.08. The number of azide groups is 1. The van der Waals surface area contributed by atoms with E-state index < -0.39 is 12.8 Å². The summed E-state index contributed by atoms with van der Waals surface area (Å²) in [5.41, 5.74) is 8.64. The maximum Gasteiger partial charge on any atom is 0.422 e. The molecule has 9 heteroatoms. The SMILES string of the molecule is COc1cc(CN=[N+]=[N-])cnc1OCC(F)(F)F. The quantitative estimate of drug-likeness (QED) is 0.465. The fraction of sp³-hybridized carbons (Fsp3) is 0.444. The van der Waals surface area contributed by atoms with Crippen molar-refractivity contribution in [1.29, 1.82) is 0 Å². The van der Waals surface area contributed by atoms with Crippen molar-refractivity contribution < 1.29 is 22.6 Å². The van der Waals surface area contributed by atoms with Gasteiger partial charge in [0.05, 0.1) is 13.7 Å². The van der Waals surface area contributed by atoms with Crippen molar-refractivity contribution >= 4 is 0 Å². The van der Waals surface area contributed by atoms with Crippen molar-refractivity contribution in [1.82, 2.24) is 4.98 Å². The van der Waals surface area contributed by atoms with Crippen LogP contribution in [-0.2, 0) is 6.54 Å². The minimum absolute atomic E-state index is 0.0272. The van der Waals surface area contributed by atoms with Crippen molar-refractivity contribution in [3.8, 4) is 11.6 Å². The lowest BCUT2D eigenvalue weighted by Gasteiger charge is -2.11. The molecule has 18 heavy (non-hydrogen) atoms. The summed E-state index contributed by atoms with van der Waals surface area (Å²) in [6.45, 7) is -1.43. The van der Waals surface area contributed by atoms with Gasteiger partial charge >= 0.3 is 6.18 Å². The van der Waals surface area contributed by atoms with E-state index in [-0.39, 0.29) is 18.2 Å². The van der Waals surface area contributed by atoms with Crippen LogP contribution in [0.15, 0.2) is 17.4 Å². The zero-order valence-corrected chi connectivity index (χ0v) is 9.31. The summed E-state index contributed by atoms with van der Waals surface area (Å²) in [6.07, 6.45) is -3.20. The van der Waals surface area contributed by atoms with Crippen LogP contribution in [0.25, 0.3) is 10.4 Å². The summed E-state index contributed by atoms with van der Waals surface area (Å²) in [5, 5.41) is 3.30. The molecule has 1 aromatic rings. The molecular formula is C9H9F3N4O2. The van der Waals surface area contributed by atoms with Gasteiger partial charge in [0.1, 0.15) is 0 Å². The molecule has 1 heterocycles. The summed E-state index contributed by atoms with van der Waals surface area (Å²) in [6, 6.07) is 1.40. The van der Waals surface area contributed by atoms with Gasteiger partial charge in [-0.15, -0.1) is 0 Å². The van der Waals surface area contributed by atoms with Crippen molar-refractivity contribution in [2.45, 2.75) is 12.7 Å². The highest BCUT2D eigenvalue weighted by Crippen LogP contribution is 2.27. The van der Waals surface area contributed by atoms with Gasteiger partial charge in [-0.3, -0.25) is 0 Å². The van der Waals surface area contributed by atoms with Crippen LogP contribution in [0.1, 0.15) is 5.56 Å². The highest BCUT2D eigenvalue weighted by atomic mass is 19.4. The van der Waals surface area contributed by atoms with Crippen molar-refractivity contribution in [3.05, 3.63) is 28.3 Å². The maximum absolute atomic E-state index is 12.0. The number of hydrogen-bond acceptors (Lipinski definition) is 4. The minimum atomic E-state index is -4.45. The van der Waals surface area contributed by atoms with Gasteiger partial charge in [-0.05, 0) is 17.2 Å². The van der Waals surface area contributed by atoms with E-state index in [0.717, 1.165) is 0 Å². The van der Waals surface area contributed by atoms with Gasteiger partial charge in [-0.1, -0.05) is 5.11 Å². The lowest BCUT2D eigenvalue weighted by Crippen LogP contribution is -2.20. The van der Waals surface area contributed by atoms with E-state index in [1.165, 1.54) is 19.4 Å². The van der Waals surface area contributed by atoms with Crippen LogP contribution in [0.4, 0.5) is 13.2 Å². The Morgan fingerprint density at radius 2 is 2.22 bits per heavy atom. The number of aromatic nitrogens is 1.